The molecule has 1 N–H and O–H groups in total. The molecular formula is C14H17FN2O3S. The van der Waals surface area contributed by atoms with Gasteiger partial charge >= 0.3 is 0 Å². The van der Waals surface area contributed by atoms with Crippen LogP contribution in [0.25, 0.3) is 0 Å². The molecule has 0 unspecified atom stereocenters. The maximum Gasteiger partial charge on any atom is 0.243 e. The Bertz CT molecular complexity index is 637. The van der Waals surface area contributed by atoms with E-state index in [4.69, 9.17) is 0 Å². The molecule has 7 heteroatoms. The van der Waals surface area contributed by atoms with E-state index >= 15 is 0 Å². The van der Waals surface area contributed by atoms with E-state index in [1.807, 2.05) is 0 Å². The summed E-state index contributed by atoms with van der Waals surface area (Å²) in [5.74, 6) is -0.756. The SMILES string of the molecule is O=C(CN(C1CC1)S(=O)(=O)c1ccc(F)cc1)NC1CC1. The number of nitrogens with zero attached hydrogens (tertiary/aromatic N) is 1. The van der Waals surface area contributed by atoms with Crippen molar-refractivity contribution in [3.8, 4) is 0 Å². The third-order valence-electron chi connectivity index (χ3n) is 3.62. The van der Waals surface area contributed by atoms with Gasteiger partial charge in [0.1, 0.15) is 5.82 Å². The van der Waals surface area contributed by atoms with Crippen LogP contribution < -0.4 is 5.32 Å². The first-order chi connectivity index (χ1) is 9.96. The van der Waals surface area contributed by atoms with Crippen LogP contribution in [0, 0.1) is 5.82 Å². The molecule has 2 fully saturated rings. The van der Waals surface area contributed by atoms with E-state index in [-0.39, 0.29) is 29.4 Å². The average molecular weight is 312 g/mol. The molecule has 1 amide bonds. The highest BCUT2D eigenvalue weighted by Gasteiger charge is 2.39. The van der Waals surface area contributed by atoms with Crippen molar-refractivity contribution in [2.24, 2.45) is 0 Å². The van der Waals surface area contributed by atoms with E-state index in [1.54, 1.807) is 0 Å². The Hall–Kier alpha value is -1.47. The molecule has 0 aromatic heterocycles. The van der Waals surface area contributed by atoms with Crippen molar-refractivity contribution in [3.63, 3.8) is 0 Å². The van der Waals surface area contributed by atoms with Crippen molar-refractivity contribution in [3.05, 3.63) is 30.1 Å². The first kappa shape index (κ1) is 14.5. The van der Waals surface area contributed by atoms with Crippen molar-refractivity contribution < 1.29 is 17.6 Å². The van der Waals surface area contributed by atoms with Crippen LogP contribution in [0.4, 0.5) is 4.39 Å². The quantitative estimate of drug-likeness (QED) is 0.860. The molecule has 2 aliphatic rings. The van der Waals surface area contributed by atoms with Crippen LogP contribution in [-0.4, -0.2) is 37.3 Å². The van der Waals surface area contributed by atoms with Gasteiger partial charge in [0, 0.05) is 12.1 Å². The maximum absolute atomic E-state index is 12.9. The largest absolute Gasteiger partial charge is 0.352 e. The molecule has 0 atom stereocenters. The number of hydrogen-bond acceptors (Lipinski definition) is 3. The van der Waals surface area contributed by atoms with Crippen LogP contribution >= 0.6 is 0 Å². The van der Waals surface area contributed by atoms with Gasteiger partial charge in [-0.25, -0.2) is 12.8 Å². The fourth-order valence-electron chi connectivity index (χ4n) is 2.16. The Labute approximate surface area is 123 Å². The molecule has 1 aromatic carbocycles. The third kappa shape index (κ3) is 3.41. The zero-order valence-electron chi connectivity index (χ0n) is 11.5. The molecular weight excluding hydrogens is 295 g/mol. The van der Waals surface area contributed by atoms with Gasteiger partial charge < -0.3 is 5.32 Å². The van der Waals surface area contributed by atoms with Gasteiger partial charge in [0.05, 0.1) is 11.4 Å². The summed E-state index contributed by atoms with van der Waals surface area (Å²) in [6.45, 7) is -0.166. The Morgan fingerprint density at radius 2 is 1.81 bits per heavy atom. The molecule has 0 spiro atoms. The van der Waals surface area contributed by atoms with E-state index < -0.39 is 15.8 Å². The van der Waals surface area contributed by atoms with Crippen LogP contribution in [0.2, 0.25) is 0 Å². The predicted octanol–water partition coefficient (Wildman–Crippen LogP) is 1.26. The van der Waals surface area contributed by atoms with Gasteiger partial charge in [0.15, 0.2) is 0 Å². The van der Waals surface area contributed by atoms with Crippen LogP contribution in [0.5, 0.6) is 0 Å². The standard InChI is InChI=1S/C14H17FN2O3S/c15-10-1-7-13(8-2-10)21(19,20)17(12-5-6-12)9-14(18)16-11-3-4-11/h1-2,7-8,11-12H,3-6,9H2,(H,16,18). The molecule has 0 saturated heterocycles. The van der Waals surface area contributed by atoms with Gasteiger partial charge in [-0.15, -0.1) is 0 Å². The molecule has 5 nitrogen and oxygen atoms in total. The van der Waals surface area contributed by atoms with Crippen molar-refractivity contribution in [2.45, 2.75) is 42.7 Å². The van der Waals surface area contributed by atoms with Crippen molar-refractivity contribution in [1.29, 1.82) is 0 Å². The highest BCUT2D eigenvalue weighted by Crippen LogP contribution is 2.32. The van der Waals surface area contributed by atoms with Gasteiger partial charge in [-0.3, -0.25) is 4.79 Å². The molecule has 1 aromatic rings. The summed E-state index contributed by atoms with van der Waals surface area (Å²) in [6, 6.07) is 4.78. The summed E-state index contributed by atoms with van der Waals surface area (Å²) in [4.78, 5) is 11.9. The third-order valence-corrected chi connectivity index (χ3v) is 5.53. The summed E-state index contributed by atoms with van der Waals surface area (Å²) in [5.41, 5.74) is 0. The van der Waals surface area contributed by atoms with Crippen LogP contribution in [0.15, 0.2) is 29.2 Å². The first-order valence-corrected chi connectivity index (χ1v) is 8.47. The van der Waals surface area contributed by atoms with Gasteiger partial charge in [0.25, 0.3) is 0 Å². The fraction of sp³-hybridized carbons (Fsp3) is 0.500. The van der Waals surface area contributed by atoms with Gasteiger partial charge in [-0.05, 0) is 49.9 Å². The van der Waals surface area contributed by atoms with E-state index in [0.717, 1.165) is 37.8 Å². The number of benzene rings is 1. The van der Waals surface area contributed by atoms with Gasteiger partial charge in [-0.1, -0.05) is 0 Å². The van der Waals surface area contributed by atoms with E-state index in [9.17, 15) is 17.6 Å². The lowest BCUT2D eigenvalue weighted by Gasteiger charge is -2.21. The number of carbonyl (C=O) groups excluding carboxylic acids is 1. The second kappa shape index (κ2) is 5.38. The normalized spacial score (nSPS) is 18.8. The molecule has 3 rings (SSSR count). The Morgan fingerprint density at radius 1 is 1.19 bits per heavy atom. The molecule has 0 radical (unpaired) electrons. The number of halogens is 1. The summed E-state index contributed by atoms with van der Waals surface area (Å²) in [6.07, 6.45) is 3.44. The molecule has 0 heterocycles. The monoisotopic (exact) mass is 312 g/mol. The lowest BCUT2D eigenvalue weighted by atomic mass is 10.4. The van der Waals surface area contributed by atoms with Crippen LogP contribution in [0.3, 0.4) is 0 Å². The van der Waals surface area contributed by atoms with E-state index in [0.29, 0.717) is 0 Å². The number of carbonyl (C=O) groups is 1. The van der Waals surface area contributed by atoms with E-state index in [2.05, 4.69) is 5.32 Å². The minimum absolute atomic E-state index is 0.0232. The van der Waals surface area contributed by atoms with Gasteiger partial charge in [-0.2, -0.15) is 4.31 Å². The number of nitrogens with one attached hydrogen (secondary N) is 1. The lowest BCUT2D eigenvalue weighted by Crippen LogP contribution is -2.42. The summed E-state index contributed by atoms with van der Waals surface area (Å²) in [5, 5.41) is 2.79. The second-order valence-electron chi connectivity index (χ2n) is 5.58. The smallest absolute Gasteiger partial charge is 0.243 e. The van der Waals surface area contributed by atoms with Gasteiger partial charge in [0.2, 0.25) is 15.9 Å². The number of sulfonamides is 1. The van der Waals surface area contributed by atoms with Crippen molar-refractivity contribution >= 4 is 15.9 Å². The molecule has 0 bridgehead atoms. The van der Waals surface area contributed by atoms with Crippen molar-refractivity contribution in [2.75, 3.05) is 6.54 Å². The molecule has 114 valence electrons. The summed E-state index contributed by atoms with van der Waals surface area (Å²) < 4.78 is 39.3. The minimum atomic E-state index is -3.76. The summed E-state index contributed by atoms with van der Waals surface area (Å²) >= 11 is 0. The highest BCUT2D eigenvalue weighted by molar-refractivity contribution is 7.89. The van der Waals surface area contributed by atoms with Crippen LogP contribution in [0.1, 0.15) is 25.7 Å². The minimum Gasteiger partial charge on any atom is -0.352 e. The second-order valence-corrected chi connectivity index (χ2v) is 7.47. The predicted molar refractivity (Wildman–Crippen MR) is 74.5 cm³/mol. The molecule has 0 aliphatic heterocycles. The molecule has 2 aliphatic carbocycles. The number of rotatable bonds is 6. The molecule has 2 saturated carbocycles. The van der Waals surface area contributed by atoms with Crippen LogP contribution in [-0.2, 0) is 14.8 Å². The van der Waals surface area contributed by atoms with E-state index in [1.165, 1.54) is 16.4 Å². The average Bonchev–Trinajstić information content (AvgIpc) is 3.30. The topological polar surface area (TPSA) is 66.5 Å². The highest BCUT2D eigenvalue weighted by atomic mass is 32.2. The Morgan fingerprint density at radius 3 is 2.33 bits per heavy atom. The maximum atomic E-state index is 12.9. The zero-order valence-corrected chi connectivity index (χ0v) is 12.3. The van der Waals surface area contributed by atoms with Crippen molar-refractivity contribution in [1.82, 2.24) is 9.62 Å². The zero-order chi connectivity index (χ0) is 15.0. The fourth-order valence-corrected chi connectivity index (χ4v) is 3.80. The first-order valence-electron chi connectivity index (χ1n) is 7.03. The lowest BCUT2D eigenvalue weighted by molar-refractivity contribution is -0.121. The Balaban J connectivity index is 1.78. The summed E-state index contributed by atoms with van der Waals surface area (Å²) in [7, 11) is -3.76. The number of amides is 1. The number of hydrogen-bond donors (Lipinski definition) is 1. The molecule has 21 heavy (non-hydrogen) atoms. The Kier molecular flexibility index (Phi) is 3.71.